The van der Waals surface area contributed by atoms with Crippen LogP contribution in [-0.4, -0.2) is 196 Å². The number of hydrogen-bond donors (Lipinski definition) is 3. The highest BCUT2D eigenvalue weighted by Gasteiger charge is 2.23. The van der Waals surface area contributed by atoms with Crippen LogP contribution >= 0.6 is 15.9 Å². The van der Waals surface area contributed by atoms with Gasteiger partial charge in [-0.25, -0.2) is 0 Å². The Hall–Kier alpha value is -5.15. The molecule has 0 amide bonds. The van der Waals surface area contributed by atoms with Crippen molar-refractivity contribution in [3.8, 4) is 6.07 Å². The molecule has 0 aromatic heterocycles. The number of esters is 2. The number of halogens is 1. The third kappa shape index (κ3) is 30.3. The number of hydrogen-bond acceptors (Lipinski definition) is 17. The molecule has 380 valence electrons. The largest absolute Gasteiger partial charge is 0.480 e. The fourth-order valence-corrected chi connectivity index (χ4v) is 7.06. The Morgan fingerprint density at radius 1 is 0.618 bits per heavy atom. The Kier molecular flexibility index (Phi) is 29.2. The number of nitrogens with one attached hydrogen (secondary N) is 1. The van der Waals surface area contributed by atoms with Crippen LogP contribution in [0.3, 0.4) is 0 Å². The van der Waals surface area contributed by atoms with E-state index in [1.807, 2.05) is 51.3 Å². The van der Waals surface area contributed by atoms with E-state index in [0.29, 0.717) is 65.3 Å². The normalized spacial score (nSPS) is 15.9. The Bertz CT molecular complexity index is 1820. The van der Waals surface area contributed by atoms with Gasteiger partial charge in [0.1, 0.15) is 11.2 Å². The van der Waals surface area contributed by atoms with Crippen LogP contribution < -0.4 is 5.32 Å². The summed E-state index contributed by atoms with van der Waals surface area (Å²) in [6, 6.07) is 14.8. The van der Waals surface area contributed by atoms with Crippen LogP contribution in [-0.2, 0) is 41.5 Å². The molecule has 0 saturated carbocycles. The highest BCUT2D eigenvalue weighted by atomic mass is 79.9. The summed E-state index contributed by atoms with van der Waals surface area (Å²) in [6.45, 7) is 21.9. The van der Waals surface area contributed by atoms with Crippen molar-refractivity contribution in [3.63, 3.8) is 0 Å². The van der Waals surface area contributed by atoms with Crippen LogP contribution in [0.1, 0.15) is 59.6 Å². The van der Waals surface area contributed by atoms with E-state index in [0.717, 1.165) is 49.1 Å². The molecule has 4 rings (SSSR count). The molecule has 2 fully saturated rings. The third-order valence-corrected chi connectivity index (χ3v) is 10.2. The SMILES string of the molecule is CC#N.CC(C)(C)OC(=O)CN1CCNCCN(CC(=O)OC(C)(C)C)CC1.O=C(O)CN1CCN(CCc2ccc([N+](=O)[O-])cc2)CCN(CC(=O)O)CC1.O=[N+]([O-])c1ccc(CCBr)cc1. The monoisotopic (exact) mass is 1020 g/mol. The van der Waals surface area contributed by atoms with Crippen molar-refractivity contribution in [2.75, 3.05) is 117 Å². The predicted molar refractivity (Wildman–Crippen MR) is 261 cm³/mol. The van der Waals surface area contributed by atoms with E-state index in [2.05, 4.69) is 35.9 Å². The molecule has 22 heteroatoms. The zero-order chi connectivity index (χ0) is 51.3. The summed E-state index contributed by atoms with van der Waals surface area (Å²) in [5.41, 5.74) is 1.34. The molecule has 0 radical (unpaired) electrons. The van der Waals surface area contributed by atoms with E-state index in [1.165, 1.54) is 31.2 Å². The van der Waals surface area contributed by atoms with Crippen molar-refractivity contribution in [1.29, 1.82) is 5.26 Å². The van der Waals surface area contributed by atoms with Gasteiger partial charge in [0.2, 0.25) is 0 Å². The average Bonchev–Trinajstić information content (AvgIpc) is 3.39. The lowest BCUT2D eigenvalue weighted by molar-refractivity contribution is -0.385. The summed E-state index contributed by atoms with van der Waals surface area (Å²) in [7, 11) is 0. The first kappa shape index (κ1) is 60.9. The van der Waals surface area contributed by atoms with Crippen LogP contribution in [0.15, 0.2) is 48.5 Å². The summed E-state index contributed by atoms with van der Waals surface area (Å²) in [4.78, 5) is 76.4. The molecule has 2 aliphatic heterocycles. The minimum atomic E-state index is -0.901. The molecular formula is C46H72BrN9O12. The quantitative estimate of drug-likeness (QED) is 0.0978. The molecule has 2 aromatic carbocycles. The highest BCUT2D eigenvalue weighted by molar-refractivity contribution is 9.09. The number of carbonyl (C=O) groups excluding carboxylic acids is 2. The van der Waals surface area contributed by atoms with E-state index in [1.54, 1.807) is 30.3 Å². The van der Waals surface area contributed by atoms with E-state index in [9.17, 15) is 39.4 Å². The van der Waals surface area contributed by atoms with Crippen molar-refractivity contribution < 1.29 is 48.7 Å². The van der Waals surface area contributed by atoms with Crippen molar-refractivity contribution in [3.05, 3.63) is 79.9 Å². The Morgan fingerprint density at radius 2 is 0.926 bits per heavy atom. The molecule has 0 aliphatic carbocycles. The fraction of sp³-hybridized carbons (Fsp3) is 0.630. The van der Waals surface area contributed by atoms with Crippen LogP contribution in [0.25, 0.3) is 0 Å². The zero-order valence-electron chi connectivity index (χ0n) is 40.7. The van der Waals surface area contributed by atoms with Crippen molar-refractivity contribution >= 4 is 51.2 Å². The lowest BCUT2D eigenvalue weighted by Gasteiger charge is -2.27. The van der Waals surface area contributed by atoms with Gasteiger partial charge < -0.3 is 29.9 Å². The van der Waals surface area contributed by atoms with E-state index in [-0.39, 0.29) is 49.5 Å². The molecule has 0 bridgehead atoms. The van der Waals surface area contributed by atoms with Crippen LogP contribution in [0.4, 0.5) is 11.4 Å². The number of nitriles is 1. The molecule has 0 atom stereocenters. The Balaban J connectivity index is 0.000000527. The van der Waals surface area contributed by atoms with E-state index in [4.69, 9.17) is 24.9 Å². The maximum Gasteiger partial charge on any atom is 0.320 e. The van der Waals surface area contributed by atoms with Gasteiger partial charge in [0.05, 0.1) is 42.1 Å². The average molecular weight is 1020 g/mol. The van der Waals surface area contributed by atoms with Gasteiger partial charge in [0.25, 0.3) is 11.4 Å². The first-order valence-corrected chi connectivity index (χ1v) is 23.6. The molecule has 2 heterocycles. The lowest BCUT2D eigenvalue weighted by atomic mass is 10.1. The molecule has 21 nitrogen and oxygen atoms in total. The van der Waals surface area contributed by atoms with E-state index < -0.39 is 33.0 Å². The number of non-ortho nitro benzene ring substituents is 2. The van der Waals surface area contributed by atoms with Crippen LogP contribution in [0.2, 0.25) is 0 Å². The predicted octanol–water partition coefficient (Wildman–Crippen LogP) is 4.17. The zero-order valence-corrected chi connectivity index (χ0v) is 42.3. The van der Waals surface area contributed by atoms with Gasteiger partial charge in [-0.1, -0.05) is 40.2 Å². The van der Waals surface area contributed by atoms with Crippen molar-refractivity contribution in [2.45, 2.75) is 72.5 Å². The molecule has 3 N–H and O–H groups in total. The first-order chi connectivity index (χ1) is 31.9. The maximum absolute atomic E-state index is 12.1. The molecule has 2 aliphatic rings. The Labute approximate surface area is 408 Å². The lowest BCUT2D eigenvalue weighted by Crippen LogP contribution is -2.42. The summed E-state index contributed by atoms with van der Waals surface area (Å²) in [5.74, 6) is -2.24. The van der Waals surface area contributed by atoms with Crippen molar-refractivity contribution in [2.24, 2.45) is 0 Å². The number of ether oxygens (including phenoxy) is 2. The fourth-order valence-electron chi connectivity index (χ4n) is 6.61. The number of carbonyl (C=O) groups is 4. The van der Waals surface area contributed by atoms with Crippen LogP contribution in [0.5, 0.6) is 0 Å². The topological polar surface area (TPSA) is 265 Å². The standard InChI is InChI=1S/C18H26N4O6.C18H35N3O4.C8H8BrNO2.C2H3N/c23-17(24)13-20-9-7-19(8-10-21(12-11-20)14-18(25)26)6-5-15-1-3-16(4-2-15)22(27)28;1-17(2,3)24-15(22)13-20-9-7-19-8-10-21(12-11-20)14-16(23)25-18(4,5)6;9-6-5-7-1-3-8(4-2-7)10(11)12;1-2-3/h1-4H,5-14H2,(H,23,24)(H,25,26);19H,7-14H2,1-6H3;1-4H,5-6H2;1H3. The summed E-state index contributed by atoms with van der Waals surface area (Å²) in [5, 5.41) is 50.7. The van der Waals surface area contributed by atoms with Gasteiger partial charge in [-0.3, -0.25) is 59.0 Å². The summed E-state index contributed by atoms with van der Waals surface area (Å²) < 4.78 is 10.8. The minimum absolute atomic E-state index is 0.0557. The van der Waals surface area contributed by atoms with Gasteiger partial charge in [-0.15, -0.1) is 0 Å². The molecule has 68 heavy (non-hydrogen) atoms. The summed E-state index contributed by atoms with van der Waals surface area (Å²) >= 11 is 3.30. The Morgan fingerprint density at radius 3 is 1.22 bits per heavy atom. The number of alkyl halides is 1. The second-order valence-electron chi connectivity index (χ2n) is 17.9. The number of aryl methyl sites for hydroxylation is 1. The number of rotatable bonds is 15. The number of carboxylic acid groups (broad SMARTS) is 2. The number of aliphatic carboxylic acids is 2. The molecule has 2 aromatic rings. The molecule has 0 unspecified atom stereocenters. The molecule has 2 saturated heterocycles. The van der Waals surface area contributed by atoms with Gasteiger partial charge >= 0.3 is 23.9 Å². The molecule has 0 spiro atoms. The van der Waals surface area contributed by atoms with Gasteiger partial charge in [-0.05, 0) is 65.5 Å². The number of nitro benzene ring substituents is 2. The highest BCUT2D eigenvalue weighted by Crippen LogP contribution is 2.15. The minimum Gasteiger partial charge on any atom is -0.480 e. The van der Waals surface area contributed by atoms with Gasteiger partial charge in [-0.2, -0.15) is 5.26 Å². The number of nitrogens with zero attached hydrogens (tertiary/aromatic N) is 8. The van der Waals surface area contributed by atoms with E-state index >= 15 is 0 Å². The second kappa shape index (κ2) is 32.6. The van der Waals surface area contributed by atoms with Crippen molar-refractivity contribution in [1.82, 2.24) is 29.8 Å². The first-order valence-electron chi connectivity index (χ1n) is 22.5. The third-order valence-electron chi connectivity index (χ3n) is 9.80. The van der Waals surface area contributed by atoms with Gasteiger partial charge in [0, 0.05) is 122 Å². The maximum atomic E-state index is 12.1. The molecular weight excluding hydrogens is 950 g/mol. The smallest absolute Gasteiger partial charge is 0.320 e. The summed E-state index contributed by atoms with van der Waals surface area (Å²) in [6.07, 6.45) is 1.61. The van der Waals surface area contributed by atoms with Gasteiger partial charge in [0.15, 0.2) is 0 Å². The second-order valence-corrected chi connectivity index (χ2v) is 18.7. The van der Waals surface area contributed by atoms with Crippen LogP contribution in [0, 0.1) is 31.6 Å². The number of carboxylic acids is 2. The number of benzene rings is 2. The number of nitro groups is 2.